The summed E-state index contributed by atoms with van der Waals surface area (Å²) in [4.78, 5) is 9.63. The summed E-state index contributed by atoms with van der Waals surface area (Å²) in [6.07, 6.45) is 0. The maximum absolute atomic E-state index is 9.93. The average molecular weight is 225 g/mol. The number of hydrogen-bond acceptors (Lipinski definition) is 2. The molecule has 3 nitrogen and oxygen atoms in total. The van der Waals surface area contributed by atoms with Gasteiger partial charge in [-0.1, -0.05) is 0 Å². The van der Waals surface area contributed by atoms with Crippen molar-refractivity contribution in [2.24, 2.45) is 0 Å². The van der Waals surface area contributed by atoms with Gasteiger partial charge < -0.3 is 0 Å². The molecule has 1 heterocycles. The van der Waals surface area contributed by atoms with E-state index in [4.69, 9.17) is 0 Å². The van der Waals surface area contributed by atoms with Gasteiger partial charge in [-0.15, -0.1) is 0 Å². The van der Waals surface area contributed by atoms with Gasteiger partial charge in [0.1, 0.15) is 0 Å². The first-order chi connectivity index (χ1) is 3.80. The van der Waals surface area contributed by atoms with Crippen LogP contribution in [0.2, 0.25) is 0 Å². The molecular weight excluding hydrogens is 222 g/mol. The average Bonchev–Trinajstić information content (AvgIpc) is 2.12. The Balaban J connectivity index is 2.93. The minimum absolute atomic E-state index is 0.303. The topological polar surface area (TPSA) is 43.1 Å². The van der Waals surface area contributed by atoms with Crippen LogP contribution in [0.1, 0.15) is 0 Å². The van der Waals surface area contributed by atoms with Gasteiger partial charge >= 0.3 is 55.4 Å². The van der Waals surface area contributed by atoms with Crippen molar-refractivity contribution in [1.82, 2.24) is 0 Å². The van der Waals surface area contributed by atoms with Gasteiger partial charge in [0.15, 0.2) is 0 Å². The van der Waals surface area contributed by atoms with Crippen LogP contribution in [0.3, 0.4) is 0 Å². The Labute approximate surface area is 55.7 Å². The monoisotopic (exact) mass is 227 g/mol. The first-order valence-electron chi connectivity index (χ1n) is 1.98. The third-order valence-corrected chi connectivity index (χ3v) is 3.03. The zero-order valence-electron chi connectivity index (χ0n) is 3.90. The molecule has 8 heavy (non-hydrogen) atoms. The van der Waals surface area contributed by atoms with Crippen molar-refractivity contribution in [1.29, 1.82) is 0 Å². The molecule has 42 valence electrons. The summed E-state index contributed by atoms with van der Waals surface area (Å²) in [5.41, 5.74) is 0. The van der Waals surface area contributed by atoms with E-state index in [1.54, 1.807) is 12.1 Å². The second kappa shape index (κ2) is 2.29. The van der Waals surface area contributed by atoms with Crippen molar-refractivity contribution in [2.45, 2.75) is 0 Å². The van der Waals surface area contributed by atoms with Gasteiger partial charge in [-0.2, -0.15) is 0 Å². The van der Waals surface area contributed by atoms with Crippen LogP contribution in [0, 0.1) is 10.1 Å². The van der Waals surface area contributed by atoms with Crippen LogP contribution in [-0.4, -0.2) is 25.4 Å². The molecule has 0 saturated carbocycles. The fourth-order valence-corrected chi connectivity index (χ4v) is 1.91. The zero-order valence-corrected chi connectivity index (χ0v) is 6.23. The van der Waals surface area contributed by atoms with Crippen LogP contribution in [0.15, 0.2) is 16.2 Å². The van der Waals surface area contributed by atoms with Crippen LogP contribution in [-0.2, 0) is 0 Å². The number of nitro groups is 1. The van der Waals surface area contributed by atoms with E-state index in [0.717, 1.165) is 0 Å². The summed E-state index contributed by atoms with van der Waals surface area (Å²) in [5.74, 6) is 0. The second-order valence-electron chi connectivity index (χ2n) is 1.21. The molecule has 0 aliphatic rings. The predicted octanol–water partition coefficient (Wildman–Crippen LogP) is 0.652. The fraction of sp³-hybridized carbons (Fsp3) is 0. The Hall–Kier alpha value is -0.330. The third kappa shape index (κ3) is 1.09. The second-order valence-corrected chi connectivity index (χ2v) is 3.85. The molecule has 4 heteroatoms. The van der Waals surface area contributed by atoms with Crippen LogP contribution in [0.5, 0.6) is 0 Å². The minimum atomic E-state index is -0.539. The molecule has 1 aromatic heterocycles. The molecule has 1 rings (SSSR count). The molecule has 1 aromatic rings. The standard InChI is InChI=1S/C4H3NO2Te/c6-5(7)4-2-1-3-8-4/h1-3H. The van der Waals surface area contributed by atoms with Gasteiger partial charge in [0.05, 0.1) is 0 Å². The Kier molecular flexibility index (Phi) is 1.66. The van der Waals surface area contributed by atoms with Gasteiger partial charge in [-0.25, -0.2) is 0 Å². The van der Waals surface area contributed by atoms with Crippen LogP contribution >= 0.6 is 0 Å². The SMILES string of the molecule is O=[N+]([O-])c1ccc[te]1. The Morgan fingerprint density at radius 2 is 2.50 bits per heavy atom. The molecule has 0 aliphatic heterocycles. The molecule has 0 N–H and O–H groups in total. The van der Waals surface area contributed by atoms with Crippen molar-refractivity contribution in [3.8, 4) is 0 Å². The van der Waals surface area contributed by atoms with Gasteiger partial charge in [-0.05, 0) is 0 Å². The van der Waals surface area contributed by atoms with E-state index in [1.807, 2.05) is 4.08 Å². The normalized spacial score (nSPS) is 9.00. The Morgan fingerprint density at radius 3 is 2.75 bits per heavy atom. The summed E-state index contributed by atoms with van der Waals surface area (Å²) in [7, 11) is 0. The van der Waals surface area contributed by atoms with E-state index in [1.165, 1.54) is 0 Å². The summed E-state index contributed by atoms with van der Waals surface area (Å²) >= 11 is -0.539. The van der Waals surface area contributed by atoms with Crippen molar-refractivity contribution in [2.75, 3.05) is 0 Å². The van der Waals surface area contributed by atoms with Gasteiger partial charge in [0.2, 0.25) is 0 Å². The number of nitrogens with zero attached hydrogens (tertiary/aromatic N) is 1. The number of hydrogen-bond donors (Lipinski definition) is 0. The van der Waals surface area contributed by atoms with Gasteiger partial charge in [0, 0.05) is 0 Å². The fourth-order valence-electron chi connectivity index (χ4n) is 0.374. The summed E-state index contributed by atoms with van der Waals surface area (Å²) in [5, 5.41) is 9.93. The third-order valence-electron chi connectivity index (χ3n) is 0.686. The van der Waals surface area contributed by atoms with Crippen LogP contribution < -0.4 is 0 Å². The molecular formula is C4H3NO2Te. The molecule has 0 amide bonds. The predicted molar refractivity (Wildman–Crippen MR) is 30.0 cm³/mol. The van der Waals surface area contributed by atoms with E-state index < -0.39 is 20.4 Å². The maximum atomic E-state index is 9.93. The molecule has 0 aliphatic carbocycles. The summed E-state index contributed by atoms with van der Waals surface area (Å²) < 4.78 is 2.30. The van der Waals surface area contributed by atoms with Crippen molar-refractivity contribution in [3.63, 3.8) is 0 Å². The van der Waals surface area contributed by atoms with E-state index in [0.29, 0.717) is 3.70 Å². The van der Waals surface area contributed by atoms with E-state index in [9.17, 15) is 10.1 Å². The molecule has 0 radical (unpaired) electrons. The summed E-state index contributed by atoms with van der Waals surface area (Å²) in [6, 6.07) is 3.32. The van der Waals surface area contributed by atoms with E-state index in [2.05, 4.69) is 0 Å². The van der Waals surface area contributed by atoms with Crippen molar-refractivity contribution in [3.05, 3.63) is 26.3 Å². The van der Waals surface area contributed by atoms with Crippen molar-refractivity contribution < 1.29 is 4.92 Å². The molecule has 0 unspecified atom stereocenters. The Bertz CT molecular complexity index is 182. The van der Waals surface area contributed by atoms with E-state index in [-0.39, 0.29) is 4.92 Å². The molecule has 0 fully saturated rings. The Morgan fingerprint density at radius 1 is 1.75 bits per heavy atom. The molecule has 0 aromatic carbocycles. The quantitative estimate of drug-likeness (QED) is 0.400. The number of rotatable bonds is 1. The van der Waals surface area contributed by atoms with E-state index >= 15 is 0 Å². The molecule has 0 atom stereocenters. The van der Waals surface area contributed by atoms with Crippen LogP contribution in [0.25, 0.3) is 0 Å². The van der Waals surface area contributed by atoms with Crippen LogP contribution in [0.4, 0.5) is 3.70 Å². The zero-order chi connectivity index (χ0) is 5.98. The summed E-state index contributed by atoms with van der Waals surface area (Å²) in [6.45, 7) is 0. The molecule has 0 saturated heterocycles. The van der Waals surface area contributed by atoms with Gasteiger partial charge in [0.25, 0.3) is 0 Å². The first kappa shape index (κ1) is 5.80. The molecule has 0 bridgehead atoms. The van der Waals surface area contributed by atoms with Gasteiger partial charge in [-0.3, -0.25) is 0 Å². The van der Waals surface area contributed by atoms with Crippen molar-refractivity contribution >= 4 is 24.1 Å². The first-order valence-corrected chi connectivity index (χ1v) is 4.49. The molecule has 0 spiro atoms.